The summed E-state index contributed by atoms with van der Waals surface area (Å²) in [6.07, 6.45) is 11.5. The van der Waals surface area contributed by atoms with Crippen LogP contribution >= 0.6 is 0 Å². The van der Waals surface area contributed by atoms with E-state index < -0.39 is 5.97 Å². The number of esters is 1. The average Bonchev–Trinajstić information content (AvgIpc) is 2.52. The Morgan fingerprint density at radius 3 is 2.55 bits per heavy atom. The molecule has 0 aromatic carbocycles. The molecule has 0 unspecified atom stereocenters. The van der Waals surface area contributed by atoms with E-state index in [-0.39, 0.29) is 11.4 Å². The molecule has 0 radical (unpaired) electrons. The van der Waals surface area contributed by atoms with Crippen LogP contribution in [-0.4, -0.2) is 23.3 Å². The van der Waals surface area contributed by atoms with E-state index in [2.05, 4.69) is 11.9 Å². The standard InChI is InChI=1S/C18H25NO3/c1-3-4-5-6-7-8-12-22-18(21)17(15(2)20)13-16-10-9-11-19-14-16/h9-11,13-14H,3-8,12H2,1-2H3. The van der Waals surface area contributed by atoms with E-state index >= 15 is 0 Å². The summed E-state index contributed by atoms with van der Waals surface area (Å²) >= 11 is 0. The fraction of sp³-hybridized carbons (Fsp3) is 0.500. The van der Waals surface area contributed by atoms with Crippen LogP contribution in [0.5, 0.6) is 0 Å². The smallest absolute Gasteiger partial charge is 0.341 e. The lowest BCUT2D eigenvalue weighted by atomic mass is 10.1. The van der Waals surface area contributed by atoms with Gasteiger partial charge in [-0.15, -0.1) is 0 Å². The number of ketones is 1. The zero-order valence-corrected chi connectivity index (χ0v) is 13.5. The molecule has 0 bridgehead atoms. The molecular weight excluding hydrogens is 278 g/mol. The van der Waals surface area contributed by atoms with Gasteiger partial charge in [0.05, 0.1) is 6.61 Å². The van der Waals surface area contributed by atoms with Gasteiger partial charge in [-0.3, -0.25) is 9.78 Å². The molecule has 22 heavy (non-hydrogen) atoms. The number of nitrogens with zero attached hydrogens (tertiary/aromatic N) is 1. The monoisotopic (exact) mass is 303 g/mol. The number of rotatable bonds is 10. The summed E-state index contributed by atoms with van der Waals surface area (Å²) in [6.45, 7) is 3.91. The maximum atomic E-state index is 12.0. The van der Waals surface area contributed by atoms with E-state index in [9.17, 15) is 9.59 Å². The normalized spacial score (nSPS) is 11.3. The molecule has 120 valence electrons. The summed E-state index contributed by atoms with van der Waals surface area (Å²) in [4.78, 5) is 27.6. The van der Waals surface area contributed by atoms with Crippen LogP contribution in [-0.2, 0) is 14.3 Å². The Kier molecular flexibility index (Phi) is 8.80. The van der Waals surface area contributed by atoms with Crippen LogP contribution in [0.3, 0.4) is 0 Å². The van der Waals surface area contributed by atoms with Gasteiger partial charge in [0, 0.05) is 12.4 Å². The highest BCUT2D eigenvalue weighted by Gasteiger charge is 2.15. The third-order valence-corrected chi connectivity index (χ3v) is 3.33. The number of ether oxygens (including phenoxy) is 1. The molecule has 0 aliphatic carbocycles. The van der Waals surface area contributed by atoms with Gasteiger partial charge in [-0.25, -0.2) is 4.79 Å². The first-order chi connectivity index (χ1) is 10.6. The number of Topliss-reactive ketones (excluding diaryl/α,β-unsaturated/α-hetero) is 1. The highest BCUT2D eigenvalue weighted by atomic mass is 16.5. The second kappa shape index (κ2) is 10.7. The lowest BCUT2D eigenvalue weighted by molar-refractivity contribution is -0.140. The summed E-state index contributed by atoms with van der Waals surface area (Å²) in [7, 11) is 0. The van der Waals surface area contributed by atoms with Crippen molar-refractivity contribution in [1.82, 2.24) is 4.98 Å². The minimum absolute atomic E-state index is 0.0685. The average molecular weight is 303 g/mol. The quantitative estimate of drug-likeness (QED) is 0.216. The molecule has 0 aliphatic heterocycles. The molecule has 0 fully saturated rings. The zero-order chi connectivity index (χ0) is 16.2. The highest BCUT2D eigenvalue weighted by Crippen LogP contribution is 2.10. The number of unbranched alkanes of at least 4 members (excludes halogenated alkanes) is 5. The predicted molar refractivity (Wildman–Crippen MR) is 87.2 cm³/mol. The number of hydrogen-bond acceptors (Lipinski definition) is 4. The van der Waals surface area contributed by atoms with Crippen LogP contribution in [0.2, 0.25) is 0 Å². The van der Waals surface area contributed by atoms with Crippen LogP contribution < -0.4 is 0 Å². The molecule has 1 heterocycles. The second-order valence-corrected chi connectivity index (χ2v) is 5.30. The zero-order valence-electron chi connectivity index (χ0n) is 13.5. The fourth-order valence-electron chi connectivity index (χ4n) is 2.06. The molecule has 0 spiro atoms. The Balaban J connectivity index is 2.43. The lowest BCUT2D eigenvalue weighted by Gasteiger charge is -2.06. The Morgan fingerprint density at radius 1 is 1.18 bits per heavy atom. The van der Waals surface area contributed by atoms with E-state index in [1.54, 1.807) is 24.5 Å². The van der Waals surface area contributed by atoms with Gasteiger partial charge in [0.25, 0.3) is 0 Å². The first-order valence-electron chi connectivity index (χ1n) is 7.95. The summed E-state index contributed by atoms with van der Waals surface area (Å²) < 4.78 is 5.20. The van der Waals surface area contributed by atoms with Gasteiger partial charge in [0.15, 0.2) is 5.78 Å². The van der Waals surface area contributed by atoms with Crippen LogP contribution in [0.25, 0.3) is 6.08 Å². The molecule has 0 saturated heterocycles. The van der Waals surface area contributed by atoms with Crippen LogP contribution in [0.4, 0.5) is 0 Å². The summed E-state index contributed by atoms with van der Waals surface area (Å²) in [5.74, 6) is -0.846. The molecule has 4 nitrogen and oxygen atoms in total. The van der Waals surface area contributed by atoms with Crippen LogP contribution in [0.15, 0.2) is 30.1 Å². The first-order valence-corrected chi connectivity index (χ1v) is 7.95. The highest BCUT2D eigenvalue weighted by molar-refractivity contribution is 6.19. The van der Waals surface area contributed by atoms with Crippen molar-refractivity contribution in [3.63, 3.8) is 0 Å². The van der Waals surface area contributed by atoms with Crippen molar-refractivity contribution in [2.75, 3.05) is 6.61 Å². The molecule has 1 aromatic rings. The van der Waals surface area contributed by atoms with Crippen molar-refractivity contribution in [2.45, 2.75) is 52.4 Å². The van der Waals surface area contributed by atoms with Crippen molar-refractivity contribution in [3.8, 4) is 0 Å². The second-order valence-electron chi connectivity index (χ2n) is 5.30. The first kappa shape index (κ1) is 18.1. The number of carbonyl (C=O) groups excluding carboxylic acids is 2. The summed E-state index contributed by atoms with van der Waals surface area (Å²) in [5.41, 5.74) is 0.781. The summed E-state index contributed by atoms with van der Waals surface area (Å²) in [5, 5.41) is 0. The number of pyridine rings is 1. The number of hydrogen-bond donors (Lipinski definition) is 0. The molecule has 0 amide bonds. The third kappa shape index (κ3) is 7.16. The Labute approximate surface area is 132 Å². The van der Waals surface area contributed by atoms with Crippen molar-refractivity contribution in [3.05, 3.63) is 35.7 Å². The topological polar surface area (TPSA) is 56.3 Å². The van der Waals surface area contributed by atoms with Gasteiger partial charge in [0.1, 0.15) is 5.57 Å². The maximum Gasteiger partial charge on any atom is 0.341 e. The van der Waals surface area contributed by atoms with Gasteiger partial charge in [-0.05, 0) is 31.1 Å². The largest absolute Gasteiger partial charge is 0.462 e. The predicted octanol–water partition coefficient (Wildman–Crippen LogP) is 3.96. The van der Waals surface area contributed by atoms with E-state index in [1.807, 2.05) is 0 Å². The van der Waals surface area contributed by atoms with Gasteiger partial charge in [0.2, 0.25) is 0 Å². The van der Waals surface area contributed by atoms with Gasteiger partial charge < -0.3 is 4.74 Å². The molecular formula is C18H25NO3. The van der Waals surface area contributed by atoms with Crippen molar-refractivity contribution in [1.29, 1.82) is 0 Å². The van der Waals surface area contributed by atoms with E-state index in [4.69, 9.17) is 4.74 Å². The maximum absolute atomic E-state index is 12.0. The minimum atomic E-state index is -0.551. The van der Waals surface area contributed by atoms with Crippen molar-refractivity contribution < 1.29 is 14.3 Å². The lowest BCUT2D eigenvalue weighted by Crippen LogP contribution is -2.14. The van der Waals surface area contributed by atoms with Crippen LogP contribution in [0.1, 0.15) is 57.9 Å². The molecule has 0 N–H and O–H groups in total. The molecule has 1 rings (SSSR count). The van der Waals surface area contributed by atoms with Gasteiger partial charge in [-0.1, -0.05) is 45.1 Å². The van der Waals surface area contributed by atoms with Crippen molar-refractivity contribution in [2.24, 2.45) is 0 Å². The Hall–Kier alpha value is -1.97. The molecule has 0 aliphatic rings. The van der Waals surface area contributed by atoms with Gasteiger partial charge >= 0.3 is 5.97 Å². The Bertz CT molecular complexity index is 494. The molecule has 0 atom stereocenters. The van der Waals surface area contributed by atoms with E-state index in [0.29, 0.717) is 12.2 Å². The number of aromatic nitrogens is 1. The fourth-order valence-corrected chi connectivity index (χ4v) is 2.06. The molecule has 4 heteroatoms. The van der Waals surface area contributed by atoms with Crippen LogP contribution in [0, 0.1) is 0 Å². The van der Waals surface area contributed by atoms with E-state index in [0.717, 1.165) is 19.3 Å². The summed E-state index contributed by atoms with van der Waals surface area (Å²) in [6, 6.07) is 3.54. The SMILES string of the molecule is CCCCCCCCOC(=O)C(=Cc1cccnc1)C(C)=O. The third-order valence-electron chi connectivity index (χ3n) is 3.33. The molecule has 0 saturated carbocycles. The minimum Gasteiger partial charge on any atom is -0.462 e. The Morgan fingerprint density at radius 2 is 1.91 bits per heavy atom. The van der Waals surface area contributed by atoms with Crippen molar-refractivity contribution >= 4 is 17.8 Å². The van der Waals surface area contributed by atoms with E-state index in [1.165, 1.54) is 32.3 Å². The van der Waals surface area contributed by atoms with Gasteiger partial charge in [-0.2, -0.15) is 0 Å². The molecule has 1 aromatic heterocycles. The number of carbonyl (C=O) groups is 2.